The van der Waals surface area contributed by atoms with Crippen molar-refractivity contribution in [2.75, 3.05) is 19.8 Å². The molecule has 1 aromatic carbocycles. The average molecular weight is 297 g/mol. The molecule has 0 spiro atoms. The van der Waals surface area contributed by atoms with E-state index in [2.05, 4.69) is 36.1 Å². The molecule has 0 aliphatic carbocycles. The SMILES string of the molecule is CC(CCN(C)C(C)C(C)S(C)(=O)=O)c1ccccc1. The van der Waals surface area contributed by atoms with Crippen molar-refractivity contribution in [3.05, 3.63) is 35.9 Å². The predicted molar refractivity (Wildman–Crippen MR) is 85.9 cm³/mol. The van der Waals surface area contributed by atoms with E-state index in [0.29, 0.717) is 5.92 Å². The Morgan fingerprint density at radius 2 is 1.65 bits per heavy atom. The Morgan fingerprint density at radius 1 is 1.10 bits per heavy atom. The fourth-order valence-corrected chi connectivity index (χ4v) is 3.19. The van der Waals surface area contributed by atoms with Crippen LogP contribution in [0.5, 0.6) is 0 Å². The molecule has 20 heavy (non-hydrogen) atoms. The third-order valence-corrected chi connectivity index (χ3v) is 6.08. The van der Waals surface area contributed by atoms with Gasteiger partial charge < -0.3 is 4.90 Å². The van der Waals surface area contributed by atoms with Gasteiger partial charge in [-0.3, -0.25) is 0 Å². The normalized spacial score (nSPS) is 16.9. The van der Waals surface area contributed by atoms with Crippen molar-refractivity contribution in [3.8, 4) is 0 Å². The van der Waals surface area contributed by atoms with Gasteiger partial charge in [-0.2, -0.15) is 0 Å². The molecule has 3 nitrogen and oxygen atoms in total. The van der Waals surface area contributed by atoms with Gasteiger partial charge in [-0.05, 0) is 45.3 Å². The van der Waals surface area contributed by atoms with Crippen molar-refractivity contribution in [2.45, 2.75) is 44.4 Å². The van der Waals surface area contributed by atoms with Crippen LogP contribution in [0, 0.1) is 0 Å². The van der Waals surface area contributed by atoms with E-state index in [-0.39, 0.29) is 11.3 Å². The first kappa shape index (κ1) is 17.2. The monoisotopic (exact) mass is 297 g/mol. The lowest BCUT2D eigenvalue weighted by molar-refractivity contribution is 0.245. The largest absolute Gasteiger partial charge is 0.302 e. The van der Waals surface area contributed by atoms with Gasteiger partial charge in [-0.1, -0.05) is 37.3 Å². The zero-order valence-electron chi connectivity index (χ0n) is 13.2. The first-order valence-electron chi connectivity index (χ1n) is 7.17. The van der Waals surface area contributed by atoms with Crippen molar-refractivity contribution in [1.29, 1.82) is 0 Å². The van der Waals surface area contributed by atoms with Crippen LogP contribution in [-0.2, 0) is 9.84 Å². The van der Waals surface area contributed by atoms with Gasteiger partial charge in [0.15, 0.2) is 9.84 Å². The Balaban J connectivity index is 2.53. The molecule has 114 valence electrons. The Morgan fingerprint density at radius 3 is 2.15 bits per heavy atom. The summed E-state index contributed by atoms with van der Waals surface area (Å²) in [5, 5.41) is -0.334. The lowest BCUT2D eigenvalue weighted by Crippen LogP contribution is -2.41. The Hall–Kier alpha value is -0.870. The van der Waals surface area contributed by atoms with Gasteiger partial charge in [0.1, 0.15) is 0 Å². The number of benzene rings is 1. The van der Waals surface area contributed by atoms with Crippen LogP contribution < -0.4 is 0 Å². The highest BCUT2D eigenvalue weighted by atomic mass is 32.2. The van der Waals surface area contributed by atoms with Crippen molar-refractivity contribution < 1.29 is 8.42 Å². The molecule has 3 unspecified atom stereocenters. The molecule has 4 heteroatoms. The molecule has 0 aliphatic heterocycles. The third-order valence-electron chi connectivity index (χ3n) is 4.33. The maximum absolute atomic E-state index is 11.6. The molecular weight excluding hydrogens is 270 g/mol. The second kappa shape index (κ2) is 7.23. The van der Waals surface area contributed by atoms with Crippen LogP contribution in [0.1, 0.15) is 38.7 Å². The number of rotatable bonds is 7. The van der Waals surface area contributed by atoms with Crippen LogP contribution in [-0.4, -0.2) is 44.5 Å². The summed E-state index contributed by atoms with van der Waals surface area (Å²) in [4.78, 5) is 2.14. The third kappa shape index (κ3) is 4.91. The minimum atomic E-state index is -2.98. The highest BCUT2D eigenvalue weighted by Crippen LogP contribution is 2.20. The number of sulfone groups is 1. The lowest BCUT2D eigenvalue weighted by Gasteiger charge is -2.29. The van der Waals surface area contributed by atoms with Crippen LogP contribution in [0.15, 0.2) is 30.3 Å². The first-order chi connectivity index (χ1) is 9.23. The zero-order chi connectivity index (χ0) is 15.3. The molecule has 0 saturated carbocycles. The molecule has 0 fully saturated rings. The molecule has 0 radical (unpaired) electrons. The maximum atomic E-state index is 11.6. The summed E-state index contributed by atoms with van der Waals surface area (Å²) in [7, 11) is -0.975. The molecule has 3 atom stereocenters. The van der Waals surface area contributed by atoms with E-state index in [1.54, 1.807) is 6.92 Å². The van der Waals surface area contributed by atoms with Crippen molar-refractivity contribution >= 4 is 9.84 Å². The standard InChI is InChI=1S/C16H27NO2S/c1-13(16-9-7-6-8-10-16)11-12-17(4)14(2)15(3)20(5,18)19/h6-10,13-15H,11-12H2,1-5H3. The Bertz CT molecular complexity index is 498. The molecule has 0 aromatic heterocycles. The van der Waals surface area contributed by atoms with Crippen LogP contribution in [0.4, 0.5) is 0 Å². The summed E-state index contributed by atoms with van der Waals surface area (Å²) < 4.78 is 23.2. The van der Waals surface area contributed by atoms with E-state index >= 15 is 0 Å². The van der Waals surface area contributed by atoms with E-state index in [0.717, 1.165) is 13.0 Å². The molecule has 1 rings (SSSR count). The van der Waals surface area contributed by atoms with Gasteiger partial charge in [0.25, 0.3) is 0 Å². The Kier molecular flexibility index (Phi) is 6.21. The number of hydrogen-bond donors (Lipinski definition) is 0. The molecule has 0 saturated heterocycles. The Labute approximate surface area is 123 Å². The van der Waals surface area contributed by atoms with Crippen LogP contribution >= 0.6 is 0 Å². The van der Waals surface area contributed by atoms with E-state index in [4.69, 9.17) is 0 Å². The molecule has 0 heterocycles. The van der Waals surface area contributed by atoms with Gasteiger partial charge >= 0.3 is 0 Å². The van der Waals surface area contributed by atoms with E-state index in [1.807, 2.05) is 20.0 Å². The van der Waals surface area contributed by atoms with E-state index < -0.39 is 9.84 Å². The van der Waals surface area contributed by atoms with Crippen LogP contribution in [0.2, 0.25) is 0 Å². The average Bonchev–Trinajstić information content (AvgIpc) is 2.42. The van der Waals surface area contributed by atoms with E-state index in [9.17, 15) is 8.42 Å². The van der Waals surface area contributed by atoms with Gasteiger partial charge in [0.2, 0.25) is 0 Å². The quantitative estimate of drug-likeness (QED) is 0.776. The van der Waals surface area contributed by atoms with Crippen molar-refractivity contribution in [2.24, 2.45) is 0 Å². The predicted octanol–water partition coefficient (Wildman–Crippen LogP) is 2.93. The summed E-state index contributed by atoms with van der Waals surface area (Å²) in [5.41, 5.74) is 1.34. The van der Waals surface area contributed by atoms with Gasteiger partial charge in [0, 0.05) is 12.3 Å². The highest BCUT2D eigenvalue weighted by molar-refractivity contribution is 7.91. The summed E-state index contributed by atoms with van der Waals surface area (Å²) in [5.74, 6) is 0.486. The summed E-state index contributed by atoms with van der Waals surface area (Å²) in [6.45, 7) is 6.89. The number of nitrogens with zero attached hydrogens (tertiary/aromatic N) is 1. The second-order valence-corrected chi connectivity index (χ2v) is 8.26. The minimum absolute atomic E-state index is 0.0352. The highest BCUT2D eigenvalue weighted by Gasteiger charge is 2.25. The van der Waals surface area contributed by atoms with Crippen LogP contribution in [0.3, 0.4) is 0 Å². The minimum Gasteiger partial charge on any atom is -0.302 e. The summed E-state index contributed by atoms with van der Waals surface area (Å²) >= 11 is 0. The molecule has 0 bridgehead atoms. The fourth-order valence-electron chi connectivity index (χ4n) is 2.27. The topological polar surface area (TPSA) is 37.4 Å². The molecular formula is C16H27NO2S. The molecule has 0 aliphatic rings. The van der Waals surface area contributed by atoms with E-state index in [1.165, 1.54) is 11.8 Å². The smallest absolute Gasteiger partial charge is 0.151 e. The fraction of sp³-hybridized carbons (Fsp3) is 0.625. The first-order valence-corrected chi connectivity index (χ1v) is 9.13. The summed E-state index contributed by atoms with van der Waals surface area (Å²) in [6, 6.07) is 10.5. The number of hydrogen-bond acceptors (Lipinski definition) is 3. The van der Waals surface area contributed by atoms with Gasteiger partial charge in [0.05, 0.1) is 5.25 Å². The molecule has 1 aromatic rings. The molecule has 0 amide bonds. The van der Waals surface area contributed by atoms with Crippen LogP contribution in [0.25, 0.3) is 0 Å². The van der Waals surface area contributed by atoms with Crippen molar-refractivity contribution in [1.82, 2.24) is 4.90 Å². The van der Waals surface area contributed by atoms with Gasteiger partial charge in [-0.25, -0.2) is 8.42 Å². The maximum Gasteiger partial charge on any atom is 0.151 e. The van der Waals surface area contributed by atoms with Crippen molar-refractivity contribution in [3.63, 3.8) is 0 Å². The zero-order valence-corrected chi connectivity index (χ0v) is 14.0. The molecule has 0 N–H and O–H groups in total. The summed E-state index contributed by atoms with van der Waals surface area (Å²) in [6.07, 6.45) is 2.34. The van der Waals surface area contributed by atoms with Gasteiger partial charge in [-0.15, -0.1) is 0 Å². The second-order valence-electron chi connectivity index (χ2n) is 5.86. The lowest BCUT2D eigenvalue weighted by atomic mass is 9.97.